The highest BCUT2D eigenvalue weighted by molar-refractivity contribution is 5.22. The Labute approximate surface area is 134 Å². The number of unbranched alkanes of at least 4 members (excludes halogenated alkanes) is 1. The summed E-state index contributed by atoms with van der Waals surface area (Å²) in [5.41, 5.74) is 2.70. The molecule has 1 aliphatic carbocycles. The van der Waals surface area contributed by atoms with E-state index in [4.69, 9.17) is 10.00 Å². The van der Waals surface area contributed by atoms with Gasteiger partial charge in [0.25, 0.3) is 0 Å². The lowest BCUT2D eigenvalue weighted by molar-refractivity contribution is 0.0110. The summed E-state index contributed by atoms with van der Waals surface area (Å²) in [5, 5.41) is 8.56. The molecule has 0 aliphatic heterocycles. The summed E-state index contributed by atoms with van der Waals surface area (Å²) < 4.78 is 6.05. The second-order valence-corrected chi connectivity index (χ2v) is 6.26. The lowest BCUT2D eigenvalue weighted by Crippen LogP contribution is -2.20. The van der Waals surface area contributed by atoms with Crippen molar-refractivity contribution in [2.24, 2.45) is 5.92 Å². The van der Waals surface area contributed by atoms with Crippen LogP contribution in [0.4, 0.5) is 0 Å². The molecule has 1 aromatic rings. The highest BCUT2D eigenvalue weighted by atomic mass is 16.5. The maximum Gasteiger partial charge on any atom is 0.0908 e. The Hall–Kier alpha value is -1.59. The normalized spacial score (nSPS) is 21.8. The van der Waals surface area contributed by atoms with Gasteiger partial charge in [-0.15, -0.1) is 0 Å². The molecular weight excluding hydrogens is 270 g/mol. The molecule has 0 amide bonds. The standard InChI is InChI=1S/C20H27NO/c1-2-3-5-17-7-9-19(10-8-17)16-22-20-13-11-18(12-14-20)6-4-15-21/h4,6-10,18,20H,2-3,5,11-14,16H2,1H3/b6-4+/t18-,20-. The number of ether oxygens (including phenoxy) is 1. The zero-order chi connectivity index (χ0) is 15.6. The van der Waals surface area contributed by atoms with Gasteiger partial charge in [-0.05, 0) is 55.6 Å². The molecule has 1 saturated carbocycles. The van der Waals surface area contributed by atoms with Gasteiger partial charge in [-0.1, -0.05) is 43.7 Å². The first kappa shape index (κ1) is 16.8. The van der Waals surface area contributed by atoms with Crippen molar-refractivity contribution < 1.29 is 4.74 Å². The monoisotopic (exact) mass is 297 g/mol. The molecule has 22 heavy (non-hydrogen) atoms. The summed E-state index contributed by atoms with van der Waals surface area (Å²) in [5.74, 6) is 0.567. The minimum absolute atomic E-state index is 0.381. The summed E-state index contributed by atoms with van der Waals surface area (Å²) >= 11 is 0. The Balaban J connectivity index is 1.70. The fraction of sp³-hybridized carbons (Fsp3) is 0.550. The van der Waals surface area contributed by atoms with Crippen molar-refractivity contribution in [2.75, 3.05) is 0 Å². The summed E-state index contributed by atoms with van der Waals surface area (Å²) in [6.45, 7) is 2.95. The van der Waals surface area contributed by atoms with Crippen molar-refractivity contribution in [1.82, 2.24) is 0 Å². The van der Waals surface area contributed by atoms with E-state index in [1.165, 1.54) is 30.4 Å². The van der Waals surface area contributed by atoms with Gasteiger partial charge in [-0.3, -0.25) is 0 Å². The molecule has 0 bridgehead atoms. The Morgan fingerprint density at radius 3 is 2.45 bits per heavy atom. The van der Waals surface area contributed by atoms with Gasteiger partial charge in [0.05, 0.1) is 18.8 Å². The maximum atomic E-state index is 8.56. The van der Waals surface area contributed by atoms with Crippen molar-refractivity contribution in [3.05, 3.63) is 47.5 Å². The van der Waals surface area contributed by atoms with Crippen molar-refractivity contribution in [3.63, 3.8) is 0 Å². The molecule has 0 heterocycles. The van der Waals surface area contributed by atoms with Crippen molar-refractivity contribution in [2.45, 2.75) is 64.6 Å². The fourth-order valence-electron chi connectivity index (χ4n) is 3.02. The van der Waals surface area contributed by atoms with E-state index in [0.717, 1.165) is 32.3 Å². The third kappa shape index (κ3) is 5.66. The number of nitrogens with zero attached hydrogens (tertiary/aromatic N) is 1. The molecular formula is C20H27NO. The fourth-order valence-corrected chi connectivity index (χ4v) is 3.02. The lowest BCUT2D eigenvalue weighted by Gasteiger charge is -2.26. The van der Waals surface area contributed by atoms with Crippen LogP contribution in [0.15, 0.2) is 36.4 Å². The predicted molar refractivity (Wildman–Crippen MR) is 90.3 cm³/mol. The predicted octanol–water partition coefficient (Wildman–Crippen LogP) is 5.18. The molecule has 0 aromatic heterocycles. The van der Waals surface area contributed by atoms with E-state index in [1.807, 2.05) is 6.08 Å². The van der Waals surface area contributed by atoms with Gasteiger partial charge in [0.1, 0.15) is 0 Å². The van der Waals surface area contributed by atoms with Crippen molar-refractivity contribution in [3.8, 4) is 6.07 Å². The van der Waals surface area contributed by atoms with E-state index < -0.39 is 0 Å². The number of hydrogen-bond acceptors (Lipinski definition) is 2. The van der Waals surface area contributed by atoms with E-state index in [9.17, 15) is 0 Å². The average Bonchev–Trinajstić information content (AvgIpc) is 2.58. The zero-order valence-corrected chi connectivity index (χ0v) is 13.6. The Morgan fingerprint density at radius 2 is 1.82 bits per heavy atom. The third-order valence-corrected chi connectivity index (χ3v) is 4.49. The van der Waals surface area contributed by atoms with Gasteiger partial charge in [-0.25, -0.2) is 0 Å². The Bertz CT molecular complexity index is 489. The van der Waals surface area contributed by atoms with Crippen LogP contribution in [0.5, 0.6) is 0 Å². The Morgan fingerprint density at radius 1 is 1.14 bits per heavy atom. The van der Waals surface area contributed by atoms with Crippen LogP contribution in [0.25, 0.3) is 0 Å². The lowest BCUT2D eigenvalue weighted by atomic mass is 9.87. The molecule has 2 heteroatoms. The van der Waals surface area contributed by atoms with Crippen LogP contribution in [0, 0.1) is 17.2 Å². The molecule has 118 valence electrons. The summed E-state index contributed by atoms with van der Waals surface area (Å²) in [6.07, 6.45) is 12.2. The number of allylic oxidation sites excluding steroid dienone is 2. The second-order valence-electron chi connectivity index (χ2n) is 6.26. The van der Waals surface area contributed by atoms with Gasteiger partial charge in [-0.2, -0.15) is 5.26 Å². The molecule has 0 saturated heterocycles. The quantitative estimate of drug-likeness (QED) is 0.649. The zero-order valence-electron chi connectivity index (χ0n) is 13.6. The molecule has 0 atom stereocenters. The number of rotatable bonds is 7. The molecule has 2 rings (SSSR count). The van der Waals surface area contributed by atoms with Crippen LogP contribution in [0.2, 0.25) is 0 Å². The molecule has 0 N–H and O–H groups in total. The molecule has 2 nitrogen and oxygen atoms in total. The van der Waals surface area contributed by atoms with Crippen LogP contribution in [0.1, 0.15) is 56.6 Å². The molecule has 0 radical (unpaired) electrons. The average molecular weight is 297 g/mol. The maximum absolute atomic E-state index is 8.56. The van der Waals surface area contributed by atoms with E-state index in [2.05, 4.69) is 37.3 Å². The van der Waals surface area contributed by atoms with E-state index >= 15 is 0 Å². The van der Waals surface area contributed by atoms with Gasteiger partial charge in [0.2, 0.25) is 0 Å². The van der Waals surface area contributed by atoms with Gasteiger partial charge >= 0.3 is 0 Å². The van der Waals surface area contributed by atoms with E-state index in [-0.39, 0.29) is 0 Å². The molecule has 1 fully saturated rings. The molecule has 0 unspecified atom stereocenters. The summed E-state index contributed by atoms with van der Waals surface area (Å²) in [7, 11) is 0. The first-order chi connectivity index (χ1) is 10.8. The number of nitriles is 1. The van der Waals surface area contributed by atoms with Gasteiger partial charge in [0.15, 0.2) is 0 Å². The van der Waals surface area contributed by atoms with Crippen LogP contribution < -0.4 is 0 Å². The van der Waals surface area contributed by atoms with Crippen molar-refractivity contribution >= 4 is 0 Å². The van der Waals surface area contributed by atoms with Gasteiger partial charge in [0, 0.05) is 6.08 Å². The van der Waals surface area contributed by atoms with Crippen LogP contribution in [0.3, 0.4) is 0 Å². The summed E-state index contributed by atoms with van der Waals surface area (Å²) in [4.78, 5) is 0. The highest BCUT2D eigenvalue weighted by Gasteiger charge is 2.19. The molecule has 1 aromatic carbocycles. The summed E-state index contributed by atoms with van der Waals surface area (Å²) in [6, 6.07) is 10.9. The number of hydrogen-bond donors (Lipinski definition) is 0. The Kier molecular flexibility index (Phi) is 7.19. The number of aryl methyl sites for hydroxylation is 1. The minimum Gasteiger partial charge on any atom is -0.374 e. The SMILES string of the molecule is CCCCc1ccc(CO[C@H]2CC[C@H](/C=C/C#N)CC2)cc1. The topological polar surface area (TPSA) is 33.0 Å². The molecule has 1 aliphatic rings. The van der Waals surface area contributed by atoms with Crippen LogP contribution >= 0.6 is 0 Å². The van der Waals surface area contributed by atoms with Crippen molar-refractivity contribution in [1.29, 1.82) is 5.26 Å². The third-order valence-electron chi connectivity index (χ3n) is 4.49. The minimum atomic E-state index is 0.381. The molecule has 0 spiro atoms. The van der Waals surface area contributed by atoms with Crippen LogP contribution in [-0.2, 0) is 17.8 Å². The first-order valence-corrected chi connectivity index (χ1v) is 8.57. The van der Waals surface area contributed by atoms with E-state index in [1.54, 1.807) is 6.08 Å². The first-order valence-electron chi connectivity index (χ1n) is 8.57. The number of benzene rings is 1. The van der Waals surface area contributed by atoms with E-state index in [0.29, 0.717) is 12.0 Å². The largest absolute Gasteiger partial charge is 0.374 e. The van der Waals surface area contributed by atoms with Gasteiger partial charge < -0.3 is 4.74 Å². The second kappa shape index (κ2) is 9.43. The van der Waals surface area contributed by atoms with Crippen LogP contribution in [-0.4, -0.2) is 6.10 Å². The smallest absolute Gasteiger partial charge is 0.0908 e. The highest BCUT2D eigenvalue weighted by Crippen LogP contribution is 2.27.